The van der Waals surface area contributed by atoms with Crippen LogP contribution in [-0.4, -0.2) is 11.0 Å². The van der Waals surface area contributed by atoms with Crippen LogP contribution in [0.2, 0.25) is 0 Å². The molecule has 2 nitrogen and oxygen atoms in total. The van der Waals surface area contributed by atoms with E-state index >= 15 is 0 Å². The Bertz CT molecular complexity index is 348. The third kappa shape index (κ3) is 3.52. The summed E-state index contributed by atoms with van der Waals surface area (Å²) in [6.45, 7) is 6.71. The fraction of sp³-hybridized carbons (Fsp3) is 0.786. The van der Waals surface area contributed by atoms with Crippen LogP contribution in [0, 0.1) is 12.8 Å². The quantitative estimate of drug-likeness (QED) is 0.820. The van der Waals surface area contributed by atoms with Gasteiger partial charge in [0, 0.05) is 17.5 Å². The van der Waals surface area contributed by atoms with Crippen molar-refractivity contribution >= 4 is 11.3 Å². The van der Waals surface area contributed by atoms with E-state index in [1.54, 1.807) is 11.3 Å². The van der Waals surface area contributed by atoms with Crippen molar-refractivity contribution in [2.75, 3.05) is 0 Å². The molecule has 17 heavy (non-hydrogen) atoms. The van der Waals surface area contributed by atoms with Crippen molar-refractivity contribution in [2.24, 2.45) is 5.92 Å². The maximum Gasteiger partial charge on any atom is 0.0898 e. The first-order valence-electron chi connectivity index (χ1n) is 6.85. The van der Waals surface area contributed by atoms with Crippen LogP contribution in [0.3, 0.4) is 0 Å². The zero-order valence-electron chi connectivity index (χ0n) is 11.2. The Balaban J connectivity index is 1.94. The van der Waals surface area contributed by atoms with Crippen molar-refractivity contribution in [1.82, 2.24) is 10.3 Å². The Morgan fingerprint density at radius 3 is 2.82 bits per heavy atom. The number of hydrogen-bond donors (Lipinski definition) is 1. The van der Waals surface area contributed by atoms with E-state index in [0.717, 1.165) is 5.92 Å². The molecule has 1 aromatic heterocycles. The predicted molar refractivity (Wildman–Crippen MR) is 74.4 cm³/mol. The van der Waals surface area contributed by atoms with E-state index in [-0.39, 0.29) is 0 Å². The summed E-state index contributed by atoms with van der Waals surface area (Å²) in [4.78, 5) is 4.58. The molecule has 1 aromatic rings. The summed E-state index contributed by atoms with van der Waals surface area (Å²) in [5.74, 6) is 0.805. The molecular weight excluding hydrogens is 228 g/mol. The second-order valence-corrected chi connectivity index (χ2v) is 6.46. The molecule has 3 unspecified atom stereocenters. The van der Waals surface area contributed by atoms with E-state index in [1.165, 1.54) is 42.8 Å². The molecule has 1 saturated carbocycles. The zero-order valence-corrected chi connectivity index (χ0v) is 12.0. The number of aromatic nitrogens is 1. The Hall–Kier alpha value is -0.410. The molecule has 3 heteroatoms. The third-order valence-corrected chi connectivity index (χ3v) is 4.70. The highest BCUT2D eigenvalue weighted by Crippen LogP contribution is 2.25. The third-order valence-electron chi connectivity index (χ3n) is 3.91. The Morgan fingerprint density at radius 1 is 1.35 bits per heavy atom. The summed E-state index contributed by atoms with van der Waals surface area (Å²) in [5.41, 5.74) is 1.21. The van der Waals surface area contributed by atoms with Gasteiger partial charge in [0.25, 0.3) is 0 Å². The predicted octanol–water partition coefficient (Wildman–Crippen LogP) is 4.07. The molecule has 1 fully saturated rings. The second-order valence-electron chi connectivity index (χ2n) is 5.40. The highest BCUT2D eigenvalue weighted by atomic mass is 32.1. The first kappa shape index (κ1) is 13.0. The van der Waals surface area contributed by atoms with Gasteiger partial charge in [-0.15, -0.1) is 11.3 Å². The molecule has 1 heterocycles. The van der Waals surface area contributed by atoms with E-state index in [4.69, 9.17) is 0 Å². The zero-order chi connectivity index (χ0) is 12.3. The largest absolute Gasteiger partial charge is 0.306 e. The van der Waals surface area contributed by atoms with E-state index in [9.17, 15) is 0 Å². The van der Waals surface area contributed by atoms with E-state index in [0.29, 0.717) is 12.1 Å². The van der Waals surface area contributed by atoms with Gasteiger partial charge in [0.05, 0.1) is 10.7 Å². The molecular formula is C14H24N2S. The van der Waals surface area contributed by atoms with Crippen LogP contribution in [0.25, 0.3) is 0 Å². The van der Waals surface area contributed by atoms with Gasteiger partial charge in [0.2, 0.25) is 0 Å². The average Bonchev–Trinajstić information content (AvgIpc) is 2.63. The maximum absolute atomic E-state index is 4.58. The van der Waals surface area contributed by atoms with Gasteiger partial charge in [-0.1, -0.05) is 26.2 Å². The normalized spacial score (nSPS) is 27.7. The van der Waals surface area contributed by atoms with Crippen molar-refractivity contribution in [1.29, 1.82) is 0 Å². The van der Waals surface area contributed by atoms with Gasteiger partial charge in [-0.3, -0.25) is 0 Å². The number of hydrogen-bond acceptors (Lipinski definition) is 3. The van der Waals surface area contributed by atoms with Crippen LogP contribution < -0.4 is 5.32 Å². The summed E-state index contributed by atoms with van der Waals surface area (Å²) < 4.78 is 0. The summed E-state index contributed by atoms with van der Waals surface area (Å²) in [5, 5.41) is 7.14. The Labute approximate surface area is 109 Å². The van der Waals surface area contributed by atoms with Gasteiger partial charge < -0.3 is 5.32 Å². The van der Waals surface area contributed by atoms with Gasteiger partial charge in [-0.05, 0) is 32.6 Å². The molecule has 2 rings (SSSR count). The van der Waals surface area contributed by atoms with Crippen LogP contribution in [-0.2, 0) is 0 Å². The number of nitrogens with one attached hydrogen (secondary N) is 1. The Morgan fingerprint density at radius 2 is 2.12 bits per heavy atom. The second kappa shape index (κ2) is 5.96. The van der Waals surface area contributed by atoms with Crippen molar-refractivity contribution in [3.63, 3.8) is 0 Å². The lowest BCUT2D eigenvalue weighted by atomic mass is 9.96. The molecule has 1 N–H and O–H groups in total. The van der Waals surface area contributed by atoms with Crippen LogP contribution in [0.5, 0.6) is 0 Å². The molecule has 0 amide bonds. The number of thiazole rings is 1. The van der Waals surface area contributed by atoms with Crippen molar-refractivity contribution in [3.8, 4) is 0 Å². The van der Waals surface area contributed by atoms with Crippen molar-refractivity contribution in [3.05, 3.63) is 16.1 Å². The molecule has 0 aromatic carbocycles. The topological polar surface area (TPSA) is 24.9 Å². The number of aryl methyl sites for hydroxylation is 1. The lowest BCUT2D eigenvalue weighted by Crippen LogP contribution is -2.36. The number of nitrogens with zero attached hydrogens (tertiary/aromatic N) is 1. The highest BCUT2D eigenvalue weighted by Gasteiger charge is 2.22. The fourth-order valence-corrected chi connectivity index (χ4v) is 3.43. The average molecular weight is 252 g/mol. The first-order valence-corrected chi connectivity index (χ1v) is 7.73. The van der Waals surface area contributed by atoms with E-state index in [2.05, 4.69) is 36.5 Å². The van der Waals surface area contributed by atoms with Gasteiger partial charge >= 0.3 is 0 Å². The van der Waals surface area contributed by atoms with Gasteiger partial charge in [0.1, 0.15) is 0 Å². The molecule has 3 atom stereocenters. The standard InChI is InChI=1S/C14H24N2S/c1-10-7-5-4-6-8-13(10)15-11(2)14-9-17-12(3)16-14/h9-11,13,15H,4-8H2,1-3H3. The molecule has 0 saturated heterocycles. The van der Waals surface area contributed by atoms with Crippen LogP contribution in [0.15, 0.2) is 5.38 Å². The van der Waals surface area contributed by atoms with Gasteiger partial charge in [-0.2, -0.15) is 0 Å². The lowest BCUT2D eigenvalue weighted by Gasteiger charge is -2.26. The molecule has 1 aliphatic rings. The number of rotatable bonds is 3. The van der Waals surface area contributed by atoms with Gasteiger partial charge in [-0.25, -0.2) is 4.98 Å². The molecule has 0 aliphatic heterocycles. The minimum Gasteiger partial charge on any atom is -0.306 e. The minimum absolute atomic E-state index is 0.394. The van der Waals surface area contributed by atoms with Crippen LogP contribution in [0.4, 0.5) is 0 Å². The smallest absolute Gasteiger partial charge is 0.0898 e. The molecule has 96 valence electrons. The Kier molecular flexibility index (Phi) is 4.57. The lowest BCUT2D eigenvalue weighted by molar-refractivity contribution is 0.328. The van der Waals surface area contributed by atoms with Crippen molar-refractivity contribution in [2.45, 2.75) is 65.0 Å². The van der Waals surface area contributed by atoms with Crippen LogP contribution >= 0.6 is 11.3 Å². The monoisotopic (exact) mass is 252 g/mol. The van der Waals surface area contributed by atoms with E-state index < -0.39 is 0 Å². The molecule has 1 aliphatic carbocycles. The molecule has 0 radical (unpaired) electrons. The SMILES string of the molecule is Cc1nc(C(C)NC2CCCCCC2C)cs1. The fourth-order valence-electron chi connectivity index (χ4n) is 2.73. The van der Waals surface area contributed by atoms with E-state index in [1.807, 2.05) is 0 Å². The maximum atomic E-state index is 4.58. The summed E-state index contributed by atoms with van der Waals surface area (Å²) in [7, 11) is 0. The minimum atomic E-state index is 0.394. The summed E-state index contributed by atoms with van der Waals surface area (Å²) in [6.07, 6.45) is 6.90. The summed E-state index contributed by atoms with van der Waals surface area (Å²) in [6, 6.07) is 1.07. The van der Waals surface area contributed by atoms with Gasteiger partial charge in [0.15, 0.2) is 0 Å². The summed E-state index contributed by atoms with van der Waals surface area (Å²) >= 11 is 1.75. The van der Waals surface area contributed by atoms with Crippen molar-refractivity contribution < 1.29 is 0 Å². The molecule has 0 bridgehead atoms. The first-order chi connectivity index (χ1) is 8.16. The molecule has 0 spiro atoms. The highest BCUT2D eigenvalue weighted by molar-refractivity contribution is 7.09. The van der Waals surface area contributed by atoms with Crippen LogP contribution in [0.1, 0.15) is 62.7 Å².